The number of rotatable bonds is 6. The predicted molar refractivity (Wildman–Crippen MR) is 123 cm³/mol. The zero-order valence-electron chi connectivity index (χ0n) is 19.2. The van der Waals surface area contributed by atoms with Crippen molar-refractivity contribution in [1.29, 1.82) is 0 Å². The first kappa shape index (κ1) is 22.3. The van der Waals surface area contributed by atoms with Gasteiger partial charge in [-0.2, -0.15) is 5.10 Å². The number of fused-ring (bicyclic) bond motifs is 1. The average molecular weight is 465 g/mol. The largest absolute Gasteiger partial charge is 0.379 e. The number of morpholine rings is 1. The van der Waals surface area contributed by atoms with Gasteiger partial charge >= 0.3 is 0 Å². The van der Waals surface area contributed by atoms with Crippen LogP contribution in [0.1, 0.15) is 32.2 Å². The molecule has 1 saturated heterocycles. The third-order valence-corrected chi connectivity index (χ3v) is 6.35. The lowest BCUT2D eigenvalue weighted by molar-refractivity contribution is 0.0383. The molecule has 1 fully saturated rings. The molecule has 34 heavy (non-hydrogen) atoms. The third kappa shape index (κ3) is 4.59. The molecule has 10 nitrogen and oxygen atoms in total. The lowest BCUT2D eigenvalue weighted by Gasteiger charge is -2.27. The molecule has 0 atom stereocenters. The van der Waals surface area contributed by atoms with Crippen molar-refractivity contribution in [2.45, 2.75) is 13.0 Å². The second-order valence-corrected chi connectivity index (χ2v) is 8.53. The molecule has 2 aliphatic heterocycles. The maximum Gasteiger partial charge on any atom is 0.276 e. The zero-order chi connectivity index (χ0) is 23.5. The summed E-state index contributed by atoms with van der Waals surface area (Å²) in [5, 5.41) is 11.4. The van der Waals surface area contributed by atoms with Gasteiger partial charge in [0.1, 0.15) is 0 Å². The molecular weight excluding hydrogens is 436 g/mol. The Labute approximate surface area is 197 Å². The summed E-state index contributed by atoms with van der Waals surface area (Å²) in [6.45, 7) is 5.34. The number of nitrogens with one attached hydrogen (secondary N) is 1. The van der Waals surface area contributed by atoms with E-state index >= 15 is 0 Å². The van der Waals surface area contributed by atoms with Crippen LogP contribution in [0.5, 0.6) is 0 Å². The van der Waals surface area contributed by atoms with Crippen LogP contribution in [0, 0.1) is 0 Å². The van der Waals surface area contributed by atoms with Crippen molar-refractivity contribution in [3.8, 4) is 11.3 Å². The first-order valence-corrected chi connectivity index (χ1v) is 11.5. The Morgan fingerprint density at radius 3 is 2.71 bits per heavy atom. The summed E-state index contributed by atoms with van der Waals surface area (Å²) in [5.41, 5.74) is 3.26. The summed E-state index contributed by atoms with van der Waals surface area (Å²) in [4.78, 5) is 30.0. The molecule has 178 valence electrons. The fraction of sp³-hybridized carbons (Fsp3) is 0.417. The molecule has 3 aromatic rings. The number of carbonyl (C=O) groups is 2. The van der Waals surface area contributed by atoms with Crippen LogP contribution in [-0.2, 0) is 24.8 Å². The molecule has 0 spiro atoms. The lowest BCUT2D eigenvalue weighted by Crippen LogP contribution is -2.41. The number of hydrogen-bond donors (Lipinski definition) is 1. The van der Waals surface area contributed by atoms with Crippen LogP contribution in [0.15, 0.2) is 40.9 Å². The molecule has 0 unspecified atom stereocenters. The van der Waals surface area contributed by atoms with E-state index in [1.807, 2.05) is 37.4 Å². The van der Waals surface area contributed by atoms with Gasteiger partial charge in [0.05, 0.1) is 19.8 Å². The van der Waals surface area contributed by atoms with E-state index in [1.165, 1.54) is 0 Å². The van der Waals surface area contributed by atoms with Crippen LogP contribution in [0.4, 0.5) is 0 Å². The molecule has 2 aromatic heterocycles. The molecule has 0 radical (unpaired) electrons. The highest BCUT2D eigenvalue weighted by Crippen LogP contribution is 2.25. The smallest absolute Gasteiger partial charge is 0.276 e. The Hall–Kier alpha value is -3.50. The van der Waals surface area contributed by atoms with Gasteiger partial charge in [-0.1, -0.05) is 35.5 Å². The second kappa shape index (κ2) is 9.78. The van der Waals surface area contributed by atoms with Gasteiger partial charge in [0.25, 0.3) is 11.8 Å². The Kier molecular flexibility index (Phi) is 6.41. The number of aryl methyl sites for hydroxylation is 1. The second-order valence-electron chi connectivity index (χ2n) is 8.53. The van der Waals surface area contributed by atoms with Gasteiger partial charge in [-0.05, 0) is 0 Å². The minimum Gasteiger partial charge on any atom is -0.379 e. The summed E-state index contributed by atoms with van der Waals surface area (Å²) in [7, 11) is 1.84. The van der Waals surface area contributed by atoms with E-state index in [9.17, 15) is 9.59 Å². The quantitative estimate of drug-likeness (QED) is 0.587. The zero-order valence-corrected chi connectivity index (χ0v) is 19.2. The molecule has 1 aromatic carbocycles. The molecule has 0 bridgehead atoms. The number of carbonyl (C=O) groups excluding carboxylic acids is 2. The lowest BCUT2D eigenvalue weighted by atomic mass is 10.0. The van der Waals surface area contributed by atoms with Crippen LogP contribution in [0.25, 0.3) is 11.3 Å². The molecule has 0 aliphatic carbocycles. The van der Waals surface area contributed by atoms with Crippen molar-refractivity contribution in [3.05, 3.63) is 59.0 Å². The van der Waals surface area contributed by atoms with Crippen molar-refractivity contribution in [2.75, 3.05) is 45.9 Å². The van der Waals surface area contributed by atoms with Crippen molar-refractivity contribution < 1.29 is 18.8 Å². The molecule has 5 rings (SSSR count). The average Bonchev–Trinajstić information content (AvgIpc) is 3.50. The van der Waals surface area contributed by atoms with Gasteiger partial charge in [-0.3, -0.25) is 19.2 Å². The summed E-state index contributed by atoms with van der Waals surface area (Å²) in [5.74, 6) is 0.106. The van der Waals surface area contributed by atoms with Crippen molar-refractivity contribution in [2.24, 2.45) is 7.05 Å². The monoisotopic (exact) mass is 464 g/mol. The Morgan fingerprint density at radius 2 is 1.91 bits per heavy atom. The van der Waals surface area contributed by atoms with E-state index < -0.39 is 0 Å². The molecule has 0 saturated carbocycles. The fourth-order valence-corrected chi connectivity index (χ4v) is 4.46. The summed E-state index contributed by atoms with van der Waals surface area (Å²) >= 11 is 0. The highest BCUT2D eigenvalue weighted by molar-refractivity contribution is 5.95. The summed E-state index contributed by atoms with van der Waals surface area (Å²) in [6, 6.07) is 11.2. The number of aromatic nitrogens is 3. The van der Waals surface area contributed by atoms with Crippen LogP contribution in [-0.4, -0.2) is 82.5 Å². The fourth-order valence-electron chi connectivity index (χ4n) is 4.46. The number of nitrogens with zero attached hydrogens (tertiary/aromatic N) is 5. The standard InChI is InChI=1S/C24H28N6O4/c1-28-20-7-9-30(24(32)19-15-21(34-27-19)17-5-3-2-4-6-17)16-18(20)22(26-28)23(31)25-8-10-29-11-13-33-14-12-29/h2-6,15H,7-14,16H2,1H3,(H,25,31). The maximum absolute atomic E-state index is 13.1. The summed E-state index contributed by atoms with van der Waals surface area (Å²) in [6.07, 6.45) is 0.620. The predicted octanol–water partition coefficient (Wildman–Crippen LogP) is 1.34. The first-order valence-electron chi connectivity index (χ1n) is 11.5. The maximum atomic E-state index is 13.1. The van der Waals surface area contributed by atoms with E-state index in [0.717, 1.165) is 49.7 Å². The van der Waals surface area contributed by atoms with E-state index in [-0.39, 0.29) is 17.5 Å². The Balaban J connectivity index is 1.26. The van der Waals surface area contributed by atoms with Crippen LogP contribution in [0.2, 0.25) is 0 Å². The van der Waals surface area contributed by atoms with Crippen molar-refractivity contribution in [1.82, 2.24) is 30.1 Å². The Morgan fingerprint density at radius 1 is 1.12 bits per heavy atom. The topological polar surface area (TPSA) is 106 Å². The van der Waals surface area contributed by atoms with Crippen molar-refractivity contribution >= 4 is 11.8 Å². The normalized spacial score (nSPS) is 16.3. The van der Waals surface area contributed by atoms with Gasteiger partial charge in [0, 0.05) is 69.1 Å². The van der Waals surface area contributed by atoms with E-state index in [0.29, 0.717) is 37.5 Å². The van der Waals surface area contributed by atoms with E-state index in [1.54, 1.807) is 15.6 Å². The van der Waals surface area contributed by atoms with Crippen LogP contribution < -0.4 is 5.32 Å². The number of amides is 2. The van der Waals surface area contributed by atoms with E-state index in [2.05, 4.69) is 20.5 Å². The highest BCUT2D eigenvalue weighted by Gasteiger charge is 2.31. The van der Waals surface area contributed by atoms with Crippen LogP contribution in [0.3, 0.4) is 0 Å². The first-order chi connectivity index (χ1) is 16.6. The number of benzene rings is 1. The van der Waals surface area contributed by atoms with Gasteiger partial charge in [0.15, 0.2) is 17.1 Å². The molecular formula is C24H28N6O4. The molecule has 10 heteroatoms. The van der Waals surface area contributed by atoms with Gasteiger partial charge in [0.2, 0.25) is 0 Å². The molecule has 4 heterocycles. The highest BCUT2D eigenvalue weighted by atomic mass is 16.5. The molecule has 2 amide bonds. The number of hydrogen-bond acceptors (Lipinski definition) is 7. The minimum atomic E-state index is -0.223. The third-order valence-electron chi connectivity index (χ3n) is 6.35. The van der Waals surface area contributed by atoms with Gasteiger partial charge in [-0.15, -0.1) is 0 Å². The SMILES string of the molecule is Cn1nc(C(=O)NCCN2CCOCC2)c2c1CCN(C(=O)c1cc(-c3ccccc3)on1)C2. The van der Waals surface area contributed by atoms with E-state index in [4.69, 9.17) is 9.26 Å². The summed E-state index contributed by atoms with van der Waals surface area (Å²) < 4.78 is 12.5. The minimum absolute atomic E-state index is 0.216. The molecule has 2 aliphatic rings. The van der Waals surface area contributed by atoms with Gasteiger partial charge < -0.3 is 19.5 Å². The van der Waals surface area contributed by atoms with Crippen LogP contribution >= 0.6 is 0 Å². The number of ether oxygens (including phenoxy) is 1. The van der Waals surface area contributed by atoms with Crippen molar-refractivity contribution in [3.63, 3.8) is 0 Å². The van der Waals surface area contributed by atoms with Gasteiger partial charge in [-0.25, -0.2) is 0 Å². The molecule has 1 N–H and O–H groups in total. The Bertz CT molecular complexity index is 1170.